The van der Waals surface area contributed by atoms with Crippen LogP contribution in [-0.2, 0) is 4.74 Å². The molecule has 60 valence electrons. The number of nitrogens with zero attached hydrogens (tertiary/aromatic N) is 1. The van der Waals surface area contributed by atoms with Crippen molar-refractivity contribution in [2.75, 3.05) is 26.8 Å². The molecule has 1 rings (SSSR count). The van der Waals surface area contributed by atoms with E-state index in [-0.39, 0.29) is 0 Å². The van der Waals surface area contributed by atoms with Crippen LogP contribution in [0.25, 0.3) is 0 Å². The molecule has 1 saturated heterocycles. The third-order valence-corrected chi connectivity index (χ3v) is 2.41. The molecule has 1 fully saturated rings. The monoisotopic (exact) mass is 255 g/mol. The molecular formula is C7H14INO. The van der Waals surface area contributed by atoms with Gasteiger partial charge in [0.2, 0.25) is 0 Å². The zero-order valence-corrected chi connectivity index (χ0v) is 8.72. The molecule has 1 aliphatic heterocycles. The molecule has 0 bridgehead atoms. The molecule has 2 nitrogen and oxygen atoms in total. The average molecular weight is 255 g/mol. The molecule has 0 unspecified atom stereocenters. The van der Waals surface area contributed by atoms with Crippen LogP contribution >= 0.6 is 22.9 Å². The lowest BCUT2D eigenvalue weighted by Crippen LogP contribution is -2.41. The van der Waals surface area contributed by atoms with E-state index in [1.54, 1.807) is 0 Å². The predicted molar refractivity (Wildman–Crippen MR) is 50.2 cm³/mol. The maximum absolute atomic E-state index is 5.15. The van der Waals surface area contributed by atoms with E-state index in [0.29, 0.717) is 5.41 Å². The quantitative estimate of drug-likeness (QED) is 0.562. The van der Waals surface area contributed by atoms with E-state index in [1.165, 1.54) is 13.0 Å². The lowest BCUT2D eigenvalue weighted by molar-refractivity contribution is -0.106. The fraction of sp³-hybridized carbons (Fsp3) is 1.00. The van der Waals surface area contributed by atoms with Crippen LogP contribution in [0.3, 0.4) is 0 Å². The molecule has 1 heterocycles. The van der Waals surface area contributed by atoms with Crippen LogP contribution in [0.2, 0.25) is 0 Å². The molecule has 0 amide bonds. The zero-order valence-electron chi connectivity index (χ0n) is 6.56. The molecule has 3 heteroatoms. The first-order chi connectivity index (χ1) is 4.62. The Hall–Kier alpha value is 0.650. The van der Waals surface area contributed by atoms with Gasteiger partial charge >= 0.3 is 0 Å². The lowest BCUT2D eigenvalue weighted by Gasteiger charge is -2.38. The molecule has 0 N–H and O–H groups in total. The first-order valence-corrected chi connectivity index (χ1v) is 4.54. The molecular weight excluding hydrogens is 241 g/mol. The second kappa shape index (κ2) is 3.36. The number of ether oxygens (including phenoxy) is 1. The molecule has 0 spiro atoms. The van der Waals surface area contributed by atoms with Crippen molar-refractivity contribution in [3.8, 4) is 0 Å². The Morgan fingerprint density at radius 3 is 2.50 bits per heavy atom. The summed E-state index contributed by atoms with van der Waals surface area (Å²) < 4.78 is 7.34. The van der Waals surface area contributed by atoms with Gasteiger partial charge in [0.05, 0.1) is 13.2 Å². The van der Waals surface area contributed by atoms with E-state index < -0.39 is 0 Å². The van der Waals surface area contributed by atoms with Crippen molar-refractivity contribution in [3.05, 3.63) is 0 Å². The summed E-state index contributed by atoms with van der Waals surface area (Å²) in [7, 11) is 2.10. The standard InChI is InChI=1S/C7H14INO/c1-7(5-10-6-7)3-4-9(2)8/h3-6H2,1-2H3. The van der Waals surface area contributed by atoms with E-state index in [0.717, 1.165) is 13.2 Å². The molecule has 0 aromatic rings. The van der Waals surface area contributed by atoms with Crippen LogP contribution in [0.1, 0.15) is 13.3 Å². The van der Waals surface area contributed by atoms with Gasteiger partial charge < -0.3 is 4.74 Å². The number of halogens is 1. The summed E-state index contributed by atoms with van der Waals surface area (Å²) in [4.78, 5) is 0. The molecule has 0 atom stereocenters. The number of rotatable bonds is 3. The smallest absolute Gasteiger partial charge is 0.0542 e. The highest BCUT2D eigenvalue weighted by Crippen LogP contribution is 2.30. The Bertz CT molecular complexity index is 112. The maximum atomic E-state index is 5.15. The van der Waals surface area contributed by atoms with Gasteiger partial charge in [-0.15, -0.1) is 0 Å². The van der Waals surface area contributed by atoms with Crippen molar-refractivity contribution < 1.29 is 4.74 Å². The van der Waals surface area contributed by atoms with Crippen molar-refractivity contribution in [1.82, 2.24) is 3.11 Å². The SMILES string of the molecule is CN(I)CCC1(C)COC1. The van der Waals surface area contributed by atoms with Crippen molar-refractivity contribution in [1.29, 1.82) is 0 Å². The van der Waals surface area contributed by atoms with Gasteiger partial charge in [0, 0.05) is 34.8 Å². The second-order valence-corrected chi connectivity index (χ2v) is 5.03. The van der Waals surface area contributed by atoms with Crippen LogP contribution in [0.15, 0.2) is 0 Å². The number of hydrogen-bond acceptors (Lipinski definition) is 2. The first kappa shape index (κ1) is 8.74. The van der Waals surface area contributed by atoms with E-state index in [2.05, 4.69) is 39.9 Å². The molecule has 10 heavy (non-hydrogen) atoms. The van der Waals surface area contributed by atoms with Gasteiger partial charge in [-0.3, -0.25) is 3.11 Å². The van der Waals surface area contributed by atoms with Crippen LogP contribution in [0.4, 0.5) is 0 Å². The van der Waals surface area contributed by atoms with Gasteiger partial charge in [0.25, 0.3) is 0 Å². The minimum atomic E-state index is 0.486. The van der Waals surface area contributed by atoms with Gasteiger partial charge in [0.1, 0.15) is 0 Å². The minimum absolute atomic E-state index is 0.486. The van der Waals surface area contributed by atoms with Gasteiger partial charge in [-0.25, -0.2) is 0 Å². The van der Waals surface area contributed by atoms with Crippen molar-refractivity contribution in [2.24, 2.45) is 5.41 Å². The Morgan fingerprint density at radius 1 is 1.60 bits per heavy atom. The Morgan fingerprint density at radius 2 is 2.20 bits per heavy atom. The van der Waals surface area contributed by atoms with Crippen molar-refractivity contribution >= 4 is 22.9 Å². The van der Waals surface area contributed by atoms with Crippen LogP contribution in [0.5, 0.6) is 0 Å². The summed E-state index contributed by atoms with van der Waals surface area (Å²) in [6.07, 6.45) is 1.26. The van der Waals surface area contributed by atoms with E-state index in [4.69, 9.17) is 4.74 Å². The zero-order chi connectivity index (χ0) is 7.61. The highest BCUT2D eigenvalue weighted by Gasteiger charge is 2.32. The highest BCUT2D eigenvalue weighted by atomic mass is 127. The van der Waals surface area contributed by atoms with Crippen LogP contribution < -0.4 is 0 Å². The first-order valence-electron chi connectivity index (χ1n) is 3.57. The summed E-state index contributed by atoms with van der Waals surface area (Å²) in [5.41, 5.74) is 0.486. The second-order valence-electron chi connectivity index (χ2n) is 3.38. The molecule has 0 aliphatic carbocycles. The van der Waals surface area contributed by atoms with Gasteiger partial charge in [-0.1, -0.05) is 6.92 Å². The molecule has 0 aromatic carbocycles. The van der Waals surface area contributed by atoms with Gasteiger partial charge in [0.15, 0.2) is 0 Å². The van der Waals surface area contributed by atoms with Crippen LogP contribution in [0, 0.1) is 5.41 Å². The minimum Gasteiger partial charge on any atom is -0.380 e. The Balaban J connectivity index is 2.12. The molecule has 0 aromatic heterocycles. The normalized spacial score (nSPS) is 22.8. The van der Waals surface area contributed by atoms with E-state index in [9.17, 15) is 0 Å². The van der Waals surface area contributed by atoms with E-state index in [1.807, 2.05) is 0 Å². The molecule has 0 radical (unpaired) electrons. The summed E-state index contributed by atoms with van der Waals surface area (Å²) in [5, 5.41) is 0. The Labute approximate surface area is 76.4 Å². The third kappa shape index (κ3) is 2.36. The van der Waals surface area contributed by atoms with Gasteiger partial charge in [-0.2, -0.15) is 0 Å². The van der Waals surface area contributed by atoms with Gasteiger partial charge in [-0.05, 0) is 13.5 Å². The molecule has 1 aliphatic rings. The Kier molecular flexibility index (Phi) is 2.94. The summed E-state index contributed by atoms with van der Waals surface area (Å²) in [6, 6.07) is 0. The predicted octanol–water partition coefficient (Wildman–Crippen LogP) is 1.69. The van der Waals surface area contributed by atoms with Crippen molar-refractivity contribution in [2.45, 2.75) is 13.3 Å². The largest absolute Gasteiger partial charge is 0.380 e. The summed E-state index contributed by atoms with van der Waals surface area (Å²) in [5.74, 6) is 0. The molecule has 0 saturated carbocycles. The van der Waals surface area contributed by atoms with Crippen LogP contribution in [-0.4, -0.2) is 29.9 Å². The highest BCUT2D eigenvalue weighted by molar-refractivity contribution is 14.1. The van der Waals surface area contributed by atoms with E-state index >= 15 is 0 Å². The van der Waals surface area contributed by atoms with Crippen molar-refractivity contribution in [3.63, 3.8) is 0 Å². The average Bonchev–Trinajstić information content (AvgIpc) is 1.79. The number of hydrogen-bond donors (Lipinski definition) is 0. The topological polar surface area (TPSA) is 12.5 Å². The third-order valence-electron chi connectivity index (χ3n) is 1.92. The maximum Gasteiger partial charge on any atom is 0.0542 e. The lowest BCUT2D eigenvalue weighted by atomic mass is 9.85. The summed E-state index contributed by atoms with van der Waals surface area (Å²) >= 11 is 2.32. The fourth-order valence-electron chi connectivity index (χ4n) is 1.02. The fourth-order valence-corrected chi connectivity index (χ4v) is 1.26. The summed E-state index contributed by atoms with van der Waals surface area (Å²) in [6.45, 7) is 5.37.